The van der Waals surface area contributed by atoms with Gasteiger partial charge in [-0.05, 0) is 26.2 Å². The molecule has 0 radical (unpaired) electrons. The smallest absolute Gasteiger partial charge is 0.311 e. The van der Waals surface area contributed by atoms with E-state index in [1.54, 1.807) is 11.8 Å². The second-order valence-electron chi connectivity index (χ2n) is 6.91. The number of hydrogen-bond donors (Lipinski definition) is 1. The third-order valence-electron chi connectivity index (χ3n) is 5.35. The fourth-order valence-corrected chi connectivity index (χ4v) is 3.72. The molecule has 1 aromatic heterocycles. The van der Waals surface area contributed by atoms with Crippen LogP contribution in [0.3, 0.4) is 0 Å². The van der Waals surface area contributed by atoms with Gasteiger partial charge in [0.25, 0.3) is 5.91 Å². The lowest BCUT2D eigenvalue weighted by Crippen LogP contribution is -2.45. The van der Waals surface area contributed by atoms with Crippen LogP contribution in [0.25, 0.3) is 0 Å². The van der Waals surface area contributed by atoms with Crippen molar-refractivity contribution in [3.63, 3.8) is 0 Å². The molecule has 7 nitrogen and oxygen atoms in total. The summed E-state index contributed by atoms with van der Waals surface area (Å²) in [6, 6.07) is 0. The molecule has 2 saturated heterocycles. The molecular weight excluding hydrogens is 300 g/mol. The summed E-state index contributed by atoms with van der Waals surface area (Å²) in [6.07, 6.45) is 2.55. The van der Waals surface area contributed by atoms with Gasteiger partial charge in [0, 0.05) is 31.5 Å². The van der Waals surface area contributed by atoms with Crippen LogP contribution in [0.15, 0.2) is 4.42 Å². The molecule has 4 rings (SSSR count). The maximum atomic E-state index is 12.8. The Hall–Kier alpha value is -1.89. The molecule has 0 bridgehead atoms. The predicted molar refractivity (Wildman–Crippen MR) is 78.1 cm³/mol. The van der Waals surface area contributed by atoms with E-state index in [-0.39, 0.29) is 24.1 Å². The van der Waals surface area contributed by atoms with Gasteiger partial charge in [0.1, 0.15) is 0 Å². The van der Waals surface area contributed by atoms with Crippen molar-refractivity contribution in [2.45, 2.75) is 32.1 Å². The van der Waals surface area contributed by atoms with Crippen LogP contribution in [0.1, 0.15) is 47.3 Å². The Kier molecular flexibility index (Phi) is 3.23. The number of oxazole rings is 1. The number of aliphatic carboxylic acids is 1. The topological polar surface area (TPSA) is 92.9 Å². The number of nitrogens with zero attached hydrogens (tertiary/aromatic N) is 2. The number of aryl methyl sites for hydroxylation is 1. The first-order chi connectivity index (χ1) is 11.0. The molecule has 3 fully saturated rings. The molecular formula is C16H20N2O5. The first-order valence-electron chi connectivity index (χ1n) is 8.09. The maximum Gasteiger partial charge on any atom is 0.311 e. The number of carboxylic acids is 1. The lowest BCUT2D eigenvalue weighted by Gasteiger charge is -2.33. The van der Waals surface area contributed by atoms with Crippen molar-refractivity contribution in [1.29, 1.82) is 0 Å². The largest absolute Gasteiger partial charge is 0.481 e. The highest BCUT2D eigenvalue weighted by molar-refractivity contribution is 5.93. The summed E-state index contributed by atoms with van der Waals surface area (Å²) >= 11 is 0. The van der Waals surface area contributed by atoms with Crippen molar-refractivity contribution in [3.8, 4) is 0 Å². The average Bonchev–Trinajstić information content (AvgIpc) is 3.18. The zero-order chi connectivity index (χ0) is 16.2. The van der Waals surface area contributed by atoms with E-state index in [4.69, 9.17) is 9.15 Å². The minimum atomic E-state index is -0.888. The lowest BCUT2D eigenvalue weighted by molar-refractivity contribution is -0.157. The van der Waals surface area contributed by atoms with E-state index in [1.165, 1.54) is 0 Å². The highest BCUT2D eigenvalue weighted by Crippen LogP contribution is 2.44. The van der Waals surface area contributed by atoms with Crippen LogP contribution in [0.2, 0.25) is 0 Å². The molecule has 1 N–H and O–H groups in total. The van der Waals surface area contributed by atoms with Gasteiger partial charge in [-0.25, -0.2) is 4.98 Å². The van der Waals surface area contributed by atoms with Crippen LogP contribution in [0, 0.1) is 18.3 Å². The van der Waals surface area contributed by atoms with Gasteiger partial charge in [0.2, 0.25) is 5.76 Å². The normalized spacial score (nSPS) is 30.3. The summed E-state index contributed by atoms with van der Waals surface area (Å²) in [5, 5.41) is 9.68. The summed E-state index contributed by atoms with van der Waals surface area (Å²) in [6.45, 7) is 3.19. The zero-order valence-electron chi connectivity index (χ0n) is 13.1. The van der Waals surface area contributed by atoms with E-state index in [0.717, 1.165) is 12.8 Å². The SMILES string of the molecule is Cc1nc(C2CC2)oc1C(=O)N1C[C@H]2COCC[C@@]2(C(=O)O)C1. The fraction of sp³-hybridized carbons (Fsp3) is 0.688. The van der Waals surface area contributed by atoms with Gasteiger partial charge in [0.15, 0.2) is 5.89 Å². The van der Waals surface area contributed by atoms with Crippen LogP contribution in [0.5, 0.6) is 0 Å². The lowest BCUT2D eigenvalue weighted by atomic mass is 9.74. The number of hydrogen-bond acceptors (Lipinski definition) is 5. The number of aromatic nitrogens is 1. The van der Waals surface area contributed by atoms with Crippen LogP contribution < -0.4 is 0 Å². The number of ether oxygens (including phenoxy) is 1. The summed E-state index contributed by atoms with van der Waals surface area (Å²) in [5.41, 5.74) is -0.298. The van der Waals surface area contributed by atoms with Crippen LogP contribution >= 0.6 is 0 Å². The molecule has 2 atom stereocenters. The summed E-state index contributed by atoms with van der Waals surface area (Å²) < 4.78 is 11.1. The maximum absolute atomic E-state index is 12.8. The van der Waals surface area contributed by atoms with Crippen LogP contribution in [-0.2, 0) is 9.53 Å². The quantitative estimate of drug-likeness (QED) is 0.905. The Balaban J connectivity index is 1.59. The van der Waals surface area contributed by atoms with E-state index < -0.39 is 11.4 Å². The van der Waals surface area contributed by atoms with Crippen molar-refractivity contribution >= 4 is 11.9 Å². The molecule has 3 aliphatic rings. The third-order valence-corrected chi connectivity index (χ3v) is 5.35. The first-order valence-corrected chi connectivity index (χ1v) is 8.09. The number of likely N-dealkylation sites (tertiary alicyclic amines) is 1. The number of fused-ring (bicyclic) bond motifs is 1. The van der Waals surface area contributed by atoms with Gasteiger partial charge in [0.05, 0.1) is 17.7 Å². The number of carboxylic acid groups (broad SMARTS) is 1. The van der Waals surface area contributed by atoms with Crippen molar-refractivity contribution in [2.75, 3.05) is 26.3 Å². The minimum absolute atomic E-state index is 0.163. The fourth-order valence-electron chi connectivity index (χ4n) is 3.72. The molecule has 1 amide bonds. The summed E-state index contributed by atoms with van der Waals surface area (Å²) in [5.74, 6) is -0.0178. The van der Waals surface area contributed by atoms with Crippen LogP contribution in [-0.4, -0.2) is 53.2 Å². The molecule has 1 aliphatic carbocycles. The molecule has 23 heavy (non-hydrogen) atoms. The summed E-state index contributed by atoms with van der Waals surface area (Å²) in [4.78, 5) is 30.5. The van der Waals surface area contributed by atoms with Crippen molar-refractivity contribution in [1.82, 2.24) is 9.88 Å². The monoisotopic (exact) mass is 320 g/mol. The first kappa shape index (κ1) is 14.7. The standard InChI is InChI=1S/C16H20N2O5/c1-9-12(23-13(17-9)10-2-3-10)14(19)18-6-11-7-22-5-4-16(11,8-18)15(20)21/h10-11H,2-8H2,1H3,(H,20,21)/t11-,16+/m0/s1. The Morgan fingerprint density at radius 2 is 2.17 bits per heavy atom. The van der Waals surface area contributed by atoms with Gasteiger partial charge in [-0.3, -0.25) is 9.59 Å². The predicted octanol–water partition coefficient (Wildman–Crippen LogP) is 1.42. The van der Waals surface area contributed by atoms with Gasteiger partial charge < -0.3 is 19.2 Å². The third kappa shape index (κ3) is 2.25. The molecule has 1 aromatic rings. The average molecular weight is 320 g/mol. The molecule has 0 aromatic carbocycles. The molecule has 0 unspecified atom stereocenters. The molecule has 124 valence electrons. The van der Waals surface area contributed by atoms with Crippen molar-refractivity contribution in [2.24, 2.45) is 11.3 Å². The van der Waals surface area contributed by atoms with E-state index in [0.29, 0.717) is 43.7 Å². The molecule has 2 aliphatic heterocycles. The molecule has 3 heterocycles. The highest BCUT2D eigenvalue weighted by Gasteiger charge is 2.55. The summed E-state index contributed by atoms with van der Waals surface area (Å²) in [7, 11) is 0. The number of carbonyl (C=O) groups excluding carboxylic acids is 1. The Bertz CT molecular complexity index is 665. The second kappa shape index (κ2) is 5.06. The second-order valence-corrected chi connectivity index (χ2v) is 6.91. The molecule has 1 saturated carbocycles. The van der Waals surface area contributed by atoms with Crippen molar-refractivity contribution in [3.05, 3.63) is 17.3 Å². The van der Waals surface area contributed by atoms with E-state index in [1.807, 2.05) is 0 Å². The zero-order valence-corrected chi connectivity index (χ0v) is 13.1. The number of rotatable bonds is 3. The van der Waals surface area contributed by atoms with E-state index in [2.05, 4.69) is 4.98 Å². The molecule has 0 spiro atoms. The van der Waals surface area contributed by atoms with E-state index >= 15 is 0 Å². The van der Waals surface area contributed by atoms with Crippen molar-refractivity contribution < 1.29 is 23.8 Å². The van der Waals surface area contributed by atoms with Gasteiger partial charge >= 0.3 is 5.97 Å². The Morgan fingerprint density at radius 1 is 1.39 bits per heavy atom. The van der Waals surface area contributed by atoms with Gasteiger partial charge in [-0.2, -0.15) is 0 Å². The van der Waals surface area contributed by atoms with Crippen LogP contribution in [0.4, 0.5) is 0 Å². The Morgan fingerprint density at radius 3 is 2.83 bits per heavy atom. The van der Waals surface area contributed by atoms with E-state index in [9.17, 15) is 14.7 Å². The number of amides is 1. The van der Waals surface area contributed by atoms with Gasteiger partial charge in [-0.15, -0.1) is 0 Å². The number of carbonyl (C=O) groups is 2. The Labute approximate surface area is 133 Å². The molecule has 7 heteroatoms. The minimum Gasteiger partial charge on any atom is -0.481 e. The van der Waals surface area contributed by atoms with Gasteiger partial charge in [-0.1, -0.05) is 0 Å². The highest BCUT2D eigenvalue weighted by atomic mass is 16.5.